The summed E-state index contributed by atoms with van der Waals surface area (Å²) in [4.78, 5) is 30.2. The number of carbonyl (C=O) groups excluding carboxylic acids is 2. The second-order valence-electron chi connectivity index (χ2n) is 9.23. The predicted molar refractivity (Wildman–Crippen MR) is 124 cm³/mol. The minimum atomic E-state index is -4.93. The summed E-state index contributed by atoms with van der Waals surface area (Å²) < 4.78 is 44.8. The first kappa shape index (κ1) is 28.3. The number of pyridine rings is 1. The summed E-state index contributed by atoms with van der Waals surface area (Å²) in [5.41, 5.74) is 5.77. The van der Waals surface area contributed by atoms with Crippen LogP contribution in [0.25, 0.3) is 0 Å². The highest BCUT2D eigenvalue weighted by Crippen LogP contribution is 2.34. The summed E-state index contributed by atoms with van der Waals surface area (Å²) in [5, 5.41) is 14.8. The fourth-order valence-corrected chi connectivity index (χ4v) is 3.80. The van der Waals surface area contributed by atoms with E-state index in [0.29, 0.717) is 11.3 Å². The van der Waals surface area contributed by atoms with Gasteiger partial charge in [-0.05, 0) is 42.5 Å². The van der Waals surface area contributed by atoms with Gasteiger partial charge in [-0.25, -0.2) is 0 Å². The van der Waals surface area contributed by atoms with Crippen molar-refractivity contribution in [3.63, 3.8) is 0 Å². The van der Waals surface area contributed by atoms with E-state index in [1.165, 1.54) is 21.0 Å². The lowest BCUT2D eigenvalue weighted by atomic mass is 9.75. The molecule has 8 nitrogen and oxygen atoms in total. The first-order chi connectivity index (χ1) is 16.3. The van der Waals surface area contributed by atoms with Crippen molar-refractivity contribution in [3.05, 3.63) is 54.1 Å². The smallest absolute Gasteiger partial charge is 0.416 e. The molecule has 1 aromatic heterocycles. The molecule has 1 heterocycles. The van der Waals surface area contributed by atoms with Crippen molar-refractivity contribution in [2.75, 3.05) is 7.11 Å². The summed E-state index contributed by atoms with van der Waals surface area (Å²) >= 11 is 0. The van der Waals surface area contributed by atoms with Gasteiger partial charge < -0.3 is 26.2 Å². The van der Waals surface area contributed by atoms with Gasteiger partial charge in [0, 0.05) is 17.8 Å². The number of hydrogen-bond acceptors (Lipinski definition) is 6. The summed E-state index contributed by atoms with van der Waals surface area (Å²) in [6.07, 6.45) is 0.838. The Kier molecular flexibility index (Phi) is 9.45. The number of amides is 2. The van der Waals surface area contributed by atoms with E-state index in [1.807, 2.05) is 0 Å². The van der Waals surface area contributed by atoms with Crippen molar-refractivity contribution in [1.29, 1.82) is 0 Å². The molecule has 0 bridgehead atoms. The number of allylic oxidation sites excluding steroid dienone is 2. The standard InChI is InChI=1S/C24H33F3N4O4/c1-14(2)18(20(32)24(25,26)27)30-22(34)19(23(3)9-7-16(35-4)8-10-23)31-21(33)17(28)12-15-6-5-11-29-13-15/h5-9,11,13-14,17-20,32H,10,12,28H2,1-4H3,(H,30,34)(H,31,33)/t17-,18-,19+,20-,23?/m0/s1. The normalized spacial score (nSPS) is 21.5. The number of rotatable bonds is 10. The molecule has 2 rings (SSSR count). The van der Waals surface area contributed by atoms with Gasteiger partial charge in [-0.1, -0.05) is 32.9 Å². The van der Waals surface area contributed by atoms with Crippen LogP contribution in [0.2, 0.25) is 0 Å². The van der Waals surface area contributed by atoms with E-state index in [9.17, 15) is 27.9 Å². The van der Waals surface area contributed by atoms with Crippen LogP contribution >= 0.6 is 0 Å². The molecule has 194 valence electrons. The molecule has 0 fully saturated rings. The van der Waals surface area contributed by atoms with Gasteiger partial charge in [-0.3, -0.25) is 14.6 Å². The number of carbonyl (C=O) groups is 2. The number of aliphatic hydroxyl groups is 1. The molecule has 11 heteroatoms. The third-order valence-corrected chi connectivity index (χ3v) is 6.03. The number of nitrogens with two attached hydrogens (primary N) is 1. The van der Waals surface area contributed by atoms with Crippen LogP contribution in [0.5, 0.6) is 0 Å². The van der Waals surface area contributed by atoms with E-state index in [2.05, 4.69) is 15.6 Å². The molecule has 0 saturated heterocycles. The number of nitrogens with one attached hydrogen (secondary N) is 2. The van der Waals surface area contributed by atoms with Gasteiger partial charge in [0.15, 0.2) is 6.10 Å². The Labute approximate surface area is 202 Å². The zero-order chi connectivity index (χ0) is 26.4. The highest BCUT2D eigenvalue weighted by atomic mass is 19.4. The van der Waals surface area contributed by atoms with Crippen LogP contribution in [0.4, 0.5) is 13.2 Å². The zero-order valence-corrected chi connectivity index (χ0v) is 20.2. The van der Waals surface area contributed by atoms with Crippen LogP contribution in [0.1, 0.15) is 32.8 Å². The SMILES string of the molecule is COC1=CCC(C)([C@H](NC(=O)[C@@H](N)Cc2cccnc2)C(=O)N[C@@H](C(C)C)[C@H](O)C(F)(F)F)C=C1. The Hall–Kier alpha value is -2.92. The number of halogens is 3. The first-order valence-corrected chi connectivity index (χ1v) is 11.2. The molecule has 0 saturated carbocycles. The lowest BCUT2D eigenvalue weighted by molar-refractivity contribution is -0.215. The van der Waals surface area contributed by atoms with Gasteiger partial charge in [0.2, 0.25) is 11.8 Å². The number of aliphatic hydroxyl groups excluding tert-OH is 1. The first-order valence-electron chi connectivity index (χ1n) is 11.2. The number of hydrogen-bond donors (Lipinski definition) is 4. The van der Waals surface area contributed by atoms with Gasteiger partial charge in [0.05, 0.1) is 19.2 Å². The Bertz CT molecular complexity index is 936. The van der Waals surface area contributed by atoms with Gasteiger partial charge >= 0.3 is 6.18 Å². The lowest BCUT2D eigenvalue weighted by Crippen LogP contribution is -2.62. The third kappa shape index (κ3) is 7.53. The van der Waals surface area contributed by atoms with Gasteiger partial charge in [-0.15, -0.1) is 0 Å². The van der Waals surface area contributed by atoms with E-state index in [0.717, 1.165) is 0 Å². The molecular formula is C24H33F3N4O4. The van der Waals surface area contributed by atoms with Crippen molar-refractivity contribution in [2.24, 2.45) is 17.1 Å². The Morgan fingerprint density at radius 1 is 1.29 bits per heavy atom. The third-order valence-electron chi connectivity index (χ3n) is 6.03. The second-order valence-corrected chi connectivity index (χ2v) is 9.23. The average Bonchev–Trinajstić information content (AvgIpc) is 2.80. The molecule has 1 aliphatic carbocycles. The number of alkyl halides is 3. The molecule has 1 unspecified atom stereocenters. The highest BCUT2D eigenvalue weighted by Gasteiger charge is 2.47. The number of aromatic nitrogens is 1. The van der Waals surface area contributed by atoms with Crippen molar-refractivity contribution >= 4 is 11.8 Å². The van der Waals surface area contributed by atoms with Crippen LogP contribution in [0.15, 0.2) is 48.5 Å². The van der Waals surface area contributed by atoms with Gasteiger partial charge in [0.1, 0.15) is 11.8 Å². The van der Waals surface area contributed by atoms with E-state index in [-0.39, 0.29) is 12.8 Å². The maximum absolute atomic E-state index is 13.3. The van der Waals surface area contributed by atoms with Crippen LogP contribution in [0.3, 0.4) is 0 Å². The maximum atomic E-state index is 13.3. The Balaban J connectivity index is 2.29. The summed E-state index contributed by atoms with van der Waals surface area (Å²) in [7, 11) is 1.48. The van der Waals surface area contributed by atoms with Crippen LogP contribution in [-0.4, -0.2) is 59.4 Å². The quantitative estimate of drug-likeness (QED) is 0.391. The van der Waals surface area contributed by atoms with Crippen molar-refractivity contribution in [3.8, 4) is 0 Å². The van der Waals surface area contributed by atoms with Crippen LogP contribution in [-0.2, 0) is 20.7 Å². The van der Waals surface area contributed by atoms with Crippen molar-refractivity contribution < 1.29 is 32.6 Å². The maximum Gasteiger partial charge on any atom is 0.416 e. The fourth-order valence-electron chi connectivity index (χ4n) is 3.80. The van der Waals surface area contributed by atoms with Gasteiger partial charge in [-0.2, -0.15) is 13.2 Å². The molecule has 1 aromatic rings. The zero-order valence-electron chi connectivity index (χ0n) is 20.2. The van der Waals surface area contributed by atoms with E-state index >= 15 is 0 Å². The van der Waals surface area contributed by atoms with E-state index < -0.39 is 53.6 Å². The molecule has 1 aliphatic rings. The minimum Gasteiger partial charge on any atom is -0.497 e. The number of nitrogens with zero attached hydrogens (tertiary/aromatic N) is 1. The summed E-state index contributed by atoms with van der Waals surface area (Å²) in [6, 6.07) is -0.479. The molecule has 2 amide bonds. The summed E-state index contributed by atoms with van der Waals surface area (Å²) in [5.74, 6) is -1.71. The molecular weight excluding hydrogens is 465 g/mol. The van der Waals surface area contributed by atoms with Crippen LogP contribution in [0, 0.1) is 11.3 Å². The Morgan fingerprint density at radius 2 is 1.97 bits per heavy atom. The van der Waals surface area contributed by atoms with E-state index in [1.54, 1.807) is 49.7 Å². The second kappa shape index (κ2) is 11.7. The van der Waals surface area contributed by atoms with Crippen molar-refractivity contribution in [2.45, 2.75) is 64.0 Å². The highest BCUT2D eigenvalue weighted by molar-refractivity contribution is 5.91. The molecule has 0 spiro atoms. The molecule has 0 radical (unpaired) electrons. The lowest BCUT2D eigenvalue weighted by Gasteiger charge is -2.38. The van der Waals surface area contributed by atoms with Crippen LogP contribution < -0.4 is 16.4 Å². The molecule has 0 aromatic carbocycles. The largest absolute Gasteiger partial charge is 0.497 e. The topological polar surface area (TPSA) is 127 Å². The molecule has 5 atom stereocenters. The van der Waals surface area contributed by atoms with Gasteiger partial charge in [0.25, 0.3) is 0 Å². The molecule has 0 aliphatic heterocycles. The Morgan fingerprint density at radius 3 is 2.46 bits per heavy atom. The minimum absolute atomic E-state index is 0.149. The average molecular weight is 499 g/mol. The van der Waals surface area contributed by atoms with E-state index in [4.69, 9.17) is 10.5 Å². The molecule has 5 N–H and O–H groups in total. The summed E-state index contributed by atoms with van der Waals surface area (Å²) in [6.45, 7) is 4.59. The number of methoxy groups -OCH3 is 1. The fraction of sp³-hybridized carbons (Fsp3) is 0.542. The number of ether oxygens (including phenoxy) is 1. The monoisotopic (exact) mass is 498 g/mol. The van der Waals surface area contributed by atoms with Crippen molar-refractivity contribution in [1.82, 2.24) is 15.6 Å². The predicted octanol–water partition coefficient (Wildman–Crippen LogP) is 2.00. The molecule has 35 heavy (non-hydrogen) atoms.